The Kier molecular flexibility index (Phi) is 3.81. The van der Waals surface area contributed by atoms with E-state index in [4.69, 9.17) is 5.10 Å². The van der Waals surface area contributed by atoms with Gasteiger partial charge >= 0.3 is 0 Å². The van der Waals surface area contributed by atoms with Crippen LogP contribution in [0.4, 0.5) is 0 Å². The highest BCUT2D eigenvalue weighted by atomic mass is 16.3. The molecule has 0 spiro atoms. The van der Waals surface area contributed by atoms with Gasteiger partial charge in [-0.25, -0.2) is 0 Å². The SMILES string of the molecule is CC(C)Cc1nn(CCO)c2c1CCC(C)(C)C2. The van der Waals surface area contributed by atoms with E-state index in [1.54, 1.807) is 0 Å². The van der Waals surface area contributed by atoms with Crippen LogP contribution in [0.15, 0.2) is 0 Å². The van der Waals surface area contributed by atoms with Gasteiger partial charge in [0.15, 0.2) is 0 Å². The van der Waals surface area contributed by atoms with Crippen LogP contribution in [0.25, 0.3) is 0 Å². The Morgan fingerprint density at radius 3 is 2.72 bits per heavy atom. The molecule has 1 aromatic rings. The van der Waals surface area contributed by atoms with Crippen molar-refractivity contribution in [2.75, 3.05) is 6.61 Å². The van der Waals surface area contributed by atoms with Crippen molar-refractivity contribution in [1.29, 1.82) is 0 Å². The summed E-state index contributed by atoms with van der Waals surface area (Å²) in [5, 5.41) is 13.9. The highest BCUT2D eigenvalue weighted by Crippen LogP contribution is 2.36. The first-order valence-corrected chi connectivity index (χ1v) is 7.11. The lowest BCUT2D eigenvalue weighted by Crippen LogP contribution is -2.24. The highest BCUT2D eigenvalue weighted by Gasteiger charge is 2.30. The molecule has 3 heteroatoms. The van der Waals surface area contributed by atoms with E-state index in [0.717, 1.165) is 19.3 Å². The fraction of sp³-hybridized carbons (Fsp3) is 0.800. The maximum Gasteiger partial charge on any atom is 0.0662 e. The molecule has 0 atom stereocenters. The van der Waals surface area contributed by atoms with Crippen LogP contribution >= 0.6 is 0 Å². The first kappa shape index (κ1) is 13.6. The molecule has 1 aliphatic carbocycles. The zero-order valence-electron chi connectivity index (χ0n) is 12.2. The summed E-state index contributed by atoms with van der Waals surface area (Å²) in [5.74, 6) is 0.640. The molecule has 102 valence electrons. The summed E-state index contributed by atoms with van der Waals surface area (Å²) < 4.78 is 2.05. The van der Waals surface area contributed by atoms with Crippen molar-refractivity contribution in [3.8, 4) is 0 Å². The maximum atomic E-state index is 9.18. The predicted octanol–water partition coefficient (Wildman–Crippen LogP) is 2.59. The number of hydrogen-bond acceptors (Lipinski definition) is 2. The lowest BCUT2D eigenvalue weighted by molar-refractivity contribution is 0.257. The summed E-state index contributed by atoms with van der Waals surface area (Å²) in [7, 11) is 0. The molecule has 0 saturated heterocycles. The van der Waals surface area contributed by atoms with Gasteiger partial charge < -0.3 is 5.11 Å². The largest absolute Gasteiger partial charge is 0.394 e. The van der Waals surface area contributed by atoms with Crippen LogP contribution in [0, 0.1) is 11.3 Å². The third-order valence-corrected chi connectivity index (χ3v) is 3.86. The second-order valence-corrected chi connectivity index (χ2v) is 6.76. The molecule has 1 heterocycles. The molecule has 0 bridgehead atoms. The zero-order chi connectivity index (χ0) is 13.3. The van der Waals surface area contributed by atoms with Gasteiger partial charge in [0.2, 0.25) is 0 Å². The van der Waals surface area contributed by atoms with Gasteiger partial charge in [0.05, 0.1) is 18.8 Å². The summed E-state index contributed by atoms with van der Waals surface area (Å²) in [6.45, 7) is 9.95. The minimum absolute atomic E-state index is 0.176. The topological polar surface area (TPSA) is 38.0 Å². The van der Waals surface area contributed by atoms with Gasteiger partial charge in [-0.3, -0.25) is 4.68 Å². The lowest BCUT2D eigenvalue weighted by Gasteiger charge is -2.30. The lowest BCUT2D eigenvalue weighted by atomic mass is 9.76. The Balaban J connectivity index is 2.35. The van der Waals surface area contributed by atoms with E-state index in [1.807, 2.05) is 4.68 Å². The van der Waals surface area contributed by atoms with Crippen LogP contribution in [0.5, 0.6) is 0 Å². The van der Waals surface area contributed by atoms with Crippen LogP contribution in [0.2, 0.25) is 0 Å². The fourth-order valence-electron chi connectivity index (χ4n) is 2.91. The van der Waals surface area contributed by atoms with Gasteiger partial charge in [-0.05, 0) is 42.6 Å². The summed E-state index contributed by atoms with van der Waals surface area (Å²) in [6, 6.07) is 0. The van der Waals surface area contributed by atoms with Crippen LogP contribution in [0.1, 0.15) is 51.1 Å². The molecule has 0 saturated carbocycles. The average molecular weight is 250 g/mol. The molecular formula is C15H26N2O. The molecule has 0 radical (unpaired) electrons. The fourth-order valence-corrected chi connectivity index (χ4v) is 2.91. The van der Waals surface area contributed by atoms with Crippen LogP contribution < -0.4 is 0 Å². The molecule has 3 nitrogen and oxygen atoms in total. The highest BCUT2D eigenvalue weighted by molar-refractivity contribution is 5.30. The second-order valence-electron chi connectivity index (χ2n) is 6.76. The summed E-state index contributed by atoms with van der Waals surface area (Å²) in [5.41, 5.74) is 4.48. The van der Waals surface area contributed by atoms with E-state index < -0.39 is 0 Å². The Morgan fingerprint density at radius 2 is 2.11 bits per heavy atom. The van der Waals surface area contributed by atoms with Gasteiger partial charge in [0.1, 0.15) is 0 Å². The Morgan fingerprint density at radius 1 is 1.39 bits per heavy atom. The van der Waals surface area contributed by atoms with Gasteiger partial charge in [-0.15, -0.1) is 0 Å². The van der Waals surface area contributed by atoms with Crippen molar-refractivity contribution < 1.29 is 5.11 Å². The van der Waals surface area contributed by atoms with Crippen molar-refractivity contribution in [3.63, 3.8) is 0 Å². The van der Waals surface area contributed by atoms with Gasteiger partial charge in [0.25, 0.3) is 0 Å². The summed E-state index contributed by atoms with van der Waals surface area (Å²) >= 11 is 0. The van der Waals surface area contributed by atoms with Crippen LogP contribution in [-0.2, 0) is 25.8 Å². The van der Waals surface area contributed by atoms with E-state index in [-0.39, 0.29) is 6.61 Å². The minimum Gasteiger partial charge on any atom is -0.394 e. The van der Waals surface area contributed by atoms with Crippen molar-refractivity contribution in [1.82, 2.24) is 9.78 Å². The monoisotopic (exact) mass is 250 g/mol. The normalized spacial score (nSPS) is 18.1. The number of aromatic nitrogens is 2. The first-order chi connectivity index (χ1) is 8.43. The average Bonchev–Trinajstić information content (AvgIpc) is 2.54. The third kappa shape index (κ3) is 2.77. The predicted molar refractivity (Wildman–Crippen MR) is 73.7 cm³/mol. The first-order valence-electron chi connectivity index (χ1n) is 7.11. The van der Waals surface area contributed by atoms with Crippen molar-refractivity contribution >= 4 is 0 Å². The minimum atomic E-state index is 0.176. The molecular weight excluding hydrogens is 224 g/mol. The van der Waals surface area contributed by atoms with E-state index in [1.165, 1.54) is 23.4 Å². The van der Waals surface area contributed by atoms with E-state index >= 15 is 0 Å². The van der Waals surface area contributed by atoms with E-state index in [2.05, 4.69) is 27.7 Å². The standard InChI is InChI=1S/C15H26N2O/c1-11(2)9-13-12-5-6-15(3,4)10-14(12)17(16-13)7-8-18/h11,18H,5-10H2,1-4H3. The molecule has 0 aromatic carbocycles. The smallest absolute Gasteiger partial charge is 0.0662 e. The van der Waals surface area contributed by atoms with E-state index in [0.29, 0.717) is 17.9 Å². The van der Waals surface area contributed by atoms with Crippen molar-refractivity contribution in [2.24, 2.45) is 11.3 Å². The van der Waals surface area contributed by atoms with Gasteiger partial charge in [-0.2, -0.15) is 5.10 Å². The molecule has 0 aliphatic heterocycles. The molecule has 0 unspecified atom stereocenters. The number of aliphatic hydroxyl groups is 1. The number of fused-ring (bicyclic) bond motifs is 1. The van der Waals surface area contributed by atoms with Crippen LogP contribution in [0.3, 0.4) is 0 Å². The molecule has 0 fully saturated rings. The Hall–Kier alpha value is -0.830. The third-order valence-electron chi connectivity index (χ3n) is 3.86. The van der Waals surface area contributed by atoms with E-state index in [9.17, 15) is 5.11 Å². The molecule has 1 aromatic heterocycles. The quantitative estimate of drug-likeness (QED) is 0.892. The molecule has 0 amide bonds. The summed E-state index contributed by atoms with van der Waals surface area (Å²) in [4.78, 5) is 0. The number of hydrogen-bond donors (Lipinski definition) is 1. The second kappa shape index (κ2) is 5.04. The number of nitrogens with zero attached hydrogens (tertiary/aromatic N) is 2. The number of rotatable bonds is 4. The Bertz CT molecular complexity index is 418. The summed E-state index contributed by atoms with van der Waals surface area (Å²) in [6.07, 6.45) is 4.54. The Labute approximate surface area is 110 Å². The van der Waals surface area contributed by atoms with Crippen LogP contribution in [-0.4, -0.2) is 21.5 Å². The molecule has 2 rings (SSSR count). The zero-order valence-corrected chi connectivity index (χ0v) is 12.2. The molecule has 1 aliphatic rings. The van der Waals surface area contributed by atoms with Gasteiger partial charge in [-0.1, -0.05) is 27.7 Å². The van der Waals surface area contributed by atoms with Crippen molar-refractivity contribution in [2.45, 2.75) is 59.9 Å². The van der Waals surface area contributed by atoms with Crippen molar-refractivity contribution in [3.05, 3.63) is 17.0 Å². The van der Waals surface area contributed by atoms with Gasteiger partial charge in [0, 0.05) is 5.69 Å². The number of aliphatic hydroxyl groups excluding tert-OH is 1. The molecule has 1 N–H and O–H groups in total. The maximum absolute atomic E-state index is 9.18. The molecule has 18 heavy (non-hydrogen) atoms.